The van der Waals surface area contributed by atoms with E-state index in [-0.39, 0.29) is 24.1 Å². The summed E-state index contributed by atoms with van der Waals surface area (Å²) in [7, 11) is 0. The number of pyridine rings is 1. The van der Waals surface area contributed by atoms with E-state index in [1.54, 1.807) is 4.57 Å². The number of ether oxygens (including phenoxy) is 1. The van der Waals surface area contributed by atoms with E-state index >= 15 is 4.39 Å². The van der Waals surface area contributed by atoms with Gasteiger partial charge in [0.25, 0.3) is 0 Å². The molecule has 5 rings (SSSR count). The summed E-state index contributed by atoms with van der Waals surface area (Å²) in [6, 6.07) is 1.39. The average molecular weight is 376 g/mol. The molecule has 3 heterocycles. The molecule has 0 amide bonds. The molecule has 1 saturated heterocycles. The van der Waals surface area contributed by atoms with Crippen LogP contribution in [0.4, 0.5) is 14.6 Å². The molecule has 2 aliphatic heterocycles. The van der Waals surface area contributed by atoms with Crippen molar-refractivity contribution >= 4 is 22.6 Å². The number of hydrogen-bond acceptors (Lipinski definition) is 5. The Morgan fingerprint density at radius 1 is 1.26 bits per heavy atom. The van der Waals surface area contributed by atoms with Crippen LogP contribution >= 0.6 is 0 Å². The fourth-order valence-electron chi connectivity index (χ4n) is 4.43. The zero-order valence-electron chi connectivity index (χ0n) is 14.5. The quantitative estimate of drug-likeness (QED) is 0.806. The maximum absolute atomic E-state index is 15.1. The van der Waals surface area contributed by atoms with Crippen molar-refractivity contribution in [3.63, 3.8) is 0 Å². The SMILES string of the molecule is O=C(OF)c1cn(C2CC2)c2c3c(c(F)cc2c1=O)N1CCC[C@H]1COC3. The number of hydrogen-bond donors (Lipinski definition) is 0. The summed E-state index contributed by atoms with van der Waals surface area (Å²) in [5.74, 6) is -1.87. The van der Waals surface area contributed by atoms with Gasteiger partial charge in [-0.2, -0.15) is 0 Å². The van der Waals surface area contributed by atoms with Gasteiger partial charge in [0.15, 0.2) is 0 Å². The molecule has 1 atom stereocenters. The van der Waals surface area contributed by atoms with Gasteiger partial charge >= 0.3 is 5.97 Å². The van der Waals surface area contributed by atoms with Crippen LogP contribution in [0.25, 0.3) is 10.9 Å². The first-order valence-corrected chi connectivity index (χ1v) is 9.17. The highest BCUT2D eigenvalue weighted by molar-refractivity contribution is 5.96. The Hall–Kier alpha value is -2.48. The lowest BCUT2D eigenvalue weighted by atomic mass is 10.0. The first-order valence-electron chi connectivity index (χ1n) is 9.17. The molecule has 2 fully saturated rings. The molecular weight excluding hydrogens is 358 g/mol. The van der Waals surface area contributed by atoms with Crippen LogP contribution in [0.2, 0.25) is 0 Å². The normalized spacial score (nSPS) is 21.7. The highest BCUT2D eigenvalue weighted by atomic mass is 19.3. The monoisotopic (exact) mass is 376 g/mol. The van der Waals surface area contributed by atoms with E-state index in [2.05, 4.69) is 4.94 Å². The second kappa shape index (κ2) is 6.02. The fraction of sp³-hybridized carbons (Fsp3) is 0.474. The average Bonchev–Trinajstić information content (AvgIpc) is 3.44. The molecule has 1 saturated carbocycles. The van der Waals surface area contributed by atoms with Gasteiger partial charge < -0.3 is 14.2 Å². The van der Waals surface area contributed by atoms with Crippen molar-refractivity contribution in [3.05, 3.63) is 39.4 Å². The van der Waals surface area contributed by atoms with Crippen LogP contribution in [-0.4, -0.2) is 29.7 Å². The minimum atomic E-state index is -1.36. The molecule has 1 aliphatic carbocycles. The number of carbonyl (C=O) groups excluding carboxylic acids is 1. The summed E-state index contributed by atoms with van der Waals surface area (Å²) in [4.78, 5) is 29.8. The molecule has 142 valence electrons. The zero-order valence-corrected chi connectivity index (χ0v) is 14.5. The van der Waals surface area contributed by atoms with Crippen LogP contribution in [0.1, 0.15) is 47.6 Å². The maximum Gasteiger partial charge on any atom is 0.384 e. The molecule has 1 aromatic heterocycles. The van der Waals surface area contributed by atoms with E-state index in [1.807, 2.05) is 4.90 Å². The first kappa shape index (κ1) is 16.7. The van der Waals surface area contributed by atoms with Crippen molar-refractivity contribution in [1.82, 2.24) is 4.57 Å². The topological polar surface area (TPSA) is 60.8 Å². The molecular formula is C19H18F2N2O4. The third kappa shape index (κ3) is 2.46. The van der Waals surface area contributed by atoms with Crippen molar-refractivity contribution in [3.8, 4) is 0 Å². The molecule has 8 heteroatoms. The van der Waals surface area contributed by atoms with Gasteiger partial charge in [0.2, 0.25) is 5.43 Å². The van der Waals surface area contributed by atoms with Crippen LogP contribution < -0.4 is 10.3 Å². The second-order valence-corrected chi connectivity index (χ2v) is 7.46. The number of benzene rings is 1. The van der Waals surface area contributed by atoms with E-state index in [4.69, 9.17) is 4.74 Å². The first-order chi connectivity index (χ1) is 13.1. The van der Waals surface area contributed by atoms with Crippen molar-refractivity contribution in [2.75, 3.05) is 18.1 Å². The third-order valence-corrected chi connectivity index (χ3v) is 5.79. The molecule has 3 aliphatic rings. The number of nitrogens with zero attached hydrogens (tertiary/aromatic N) is 2. The molecule has 6 nitrogen and oxygen atoms in total. The molecule has 0 spiro atoms. The smallest absolute Gasteiger partial charge is 0.374 e. The van der Waals surface area contributed by atoms with Crippen LogP contribution in [-0.2, 0) is 16.3 Å². The van der Waals surface area contributed by atoms with Gasteiger partial charge in [-0.25, -0.2) is 14.1 Å². The fourth-order valence-corrected chi connectivity index (χ4v) is 4.43. The number of rotatable bonds is 2. The lowest BCUT2D eigenvalue weighted by molar-refractivity contribution is -0.0789. The number of aromatic nitrogens is 1. The van der Waals surface area contributed by atoms with Crippen LogP contribution in [0.15, 0.2) is 17.1 Å². The van der Waals surface area contributed by atoms with Gasteiger partial charge in [-0.1, -0.05) is 0 Å². The molecule has 1 aromatic carbocycles. The second-order valence-electron chi connectivity index (χ2n) is 7.46. The summed E-state index contributed by atoms with van der Waals surface area (Å²) < 4.78 is 35.2. The lowest BCUT2D eigenvalue weighted by Gasteiger charge is -2.27. The summed E-state index contributed by atoms with van der Waals surface area (Å²) in [5.41, 5.74) is 0.524. The Morgan fingerprint density at radius 2 is 2.07 bits per heavy atom. The van der Waals surface area contributed by atoms with E-state index < -0.39 is 22.8 Å². The third-order valence-electron chi connectivity index (χ3n) is 5.79. The molecule has 2 aromatic rings. The molecule has 27 heavy (non-hydrogen) atoms. The molecule has 0 bridgehead atoms. The number of halogens is 2. The summed E-state index contributed by atoms with van der Waals surface area (Å²) in [5, 5.41) is 0.0577. The summed E-state index contributed by atoms with van der Waals surface area (Å²) in [6.45, 7) is 1.44. The predicted octanol–water partition coefficient (Wildman–Crippen LogP) is 3.02. The maximum atomic E-state index is 15.1. The Labute approximate surface area is 153 Å². The van der Waals surface area contributed by atoms with E-state index in [0.29, 0.717) is 23.4 Å². The van der Waals surface area contributed by atoms with Gasteiger partial charge in [-0.3, -0.25) is 4.79 Å². The Bertz CT molecular complexity index is 1020. The number of anilines is 1. The van der Waals surface area contributed by atoms with Crippen molar-refractivity contribution < 1.29 is 23.4 Å². The minimum Gasteiger partial charge on any atom is -0.374 e. The highest BCUT2D eigenvalue weighted by Gasteiger charge is 2.35. The molecule has 0 radical (unpaired) electrons. The van der Waals surface area contributed by atoms with Crippen LogP contribution in [0.3, 0.4) is 0 Å². The van der Waals surface area contributed by atoms with E-state index in [1.165, 1.54) is 12.3 Å². The summed E-state index contributed by atoms with van der Waals surface area (Å²) >= 11 is 0. The van der Waals surface area contributed by atoms with Gasteiger partial charge in [0.05, 0.1) is 30.5 Å². The molecule has 0 unspecified atom stereocenters. The standard InChI is InChI=1S/C19H18F2N2O4/c20-15-6-12-16(14-9-26-8-11-2-1-5-22(11)17(14)15)23(10-3-4-10)7-13(18(12)24)19(25)27-21/h6-7,10-11H,1-5,8-9H2/t11-/m0/s1. The Kier molecular flexibility index (Phi) is 3.72. The van der Waals surface area contributed by atoms with Crippen molar-refractivity contribution in [2.24, 2.45) is 0 Å². The van der Waals surface area contributed by atoms with Gasteiger partial charge in [0.1, 0.15) is 11.4 Å². The van der Waals surface area contributed by atoms with Gasteiger partial charge in [-0.15, -0.1) is 0 Å². The van der Waals surface area contributed by atoms with Crippen LogP contribution in [0.5, 0.6) is 0 Å². The van der Waals surface area contributed by atoms with Crippen molar-refractivity contribution in [2.45, 2.75) is 44.4 Å². The number of carbonyl (C=O) groups is 1. The van der Waals surface area contributed by atoms with Crippen molar-refractivity contribution in [1.29, 1.82) is 0 Å². The van der Waals surface area contributed by atoms with Gasteiger partial charge in [-0.05, 0) is 31.7 Å². The van der Waals surface area contributed by atoms with E-state index in [0.717, 1.165) is 32.2 Å². The Balaban J connectivity index is 1.85. The lowest BCUT2D eigenvalue weighted by Crippen LogP contribution is -2.32. The molecule has 0 N–H and O–H groups in total. The highest BCUT2D eigenvalue weighted by Crippen LogP contribution is 2.42. The largest absolute Gasteiger partial charge is 0.384 e. The predicted molar refractivity (Wildman–Crippen MR) is 93.0 cm³/mol. The number of fused-ring (bicyclic) bond motifs is 5. The minimum absolute atomic E-state index is 0.0577. The van der Waals surface area contributed by atoms with E-state index in [9.17, 15) is 14.1 Å². The summed E-state index contributed by atoms with van der Waals surface area (Å²) in [6.07, 6.45) is 4.99. The van der Waals surface area contributed by atoms with Gasteiger partial charge in [0, 0.05) is 34.3 Å². The zero-order chi connectivity index (χ0) is 18.7. The Morgan fingerprint density at radius 3 is 2.81 bits per heavy atom. The van der Waals surface area contributed by atoms with Crippen LogP contribution in [0, 0.1) is 5.82 Å².